The molecule has 0 saturated carbocycles. The summed E-state index contributed by atoms with van der Waals surface area (Å²) in [5.41, 5.74) is 2.02. The summed E-state index contributed by atoms with van der Waals surface area (Å²) >= 11 is 6.07. The molecular weight excluding hydrogens is 350 g/mol. The van der Waals surface area contributed by atoms with Crippen LogP contribution in [0.2, 0.25) is 5.02 Å². The number of hydrogen-bond acceptors (Lipinski definition) is 4. The van der Waals surface area contributed by atoms with Crippen molar-refractivity contribution in [2.24, 2.45) is 0 Å². The van der Waals surface area contributed by atoms with E-state index in [1.54, 1.807) is 7.11 Å². The number of amides is 1. The molecule has 1 amide bonds. The van der Waals surface area contributed by atoms with Gasteiger partial charge in [0.2, 0.25) is 5.91 Å². The van der Waals surface area contributed by atoms with Gasteiger partial charge in [-0.25, -0.2) is 0 Å². The first-order chi connectivity index (χ1) is 12.7. The number of halogens is 1. The van der Waals surface area contributed by atoms with Gasteiger partial charge in [-0.05, 0) is 30.3 Å². The summed E-state index contributed by atoms with van der Waals surface area (Å²) in [6.45, 7) is 3.71. The van der Waals surface area contributed by atoms with Gasteiger partial charge in [-0.15, -0.1) is 0 Å². The fourth-order valence-electron chi connectivity index (χ4n) is 3.14. The first-order valence-corrected chi connectivity index (χ1v) is 9.20. The topological polar surface area (TPSA) is 44.8 Å². The number of carbonyl (C=O) groups is 1. The molecule has 2 aromatic carbocycles. The normalized spacial score (nSPS) is 14.2. The molecule has 6 heteroatoms. The minimum Gasteiger partial charge on any atom is -0.495 e. The van der Waals surface area contributed by atoms with Crippen LogP contribution < -0.4 is 15.0 Å². The number of methoxy groups -OCH3 is 1. The second kappa shape index (κ2) is 8.81. The van der Waals surface area contributed by atoms with Crippen molar-refractivity contribution < 1.29 is 9.53 Å². The van der Waals surface area contributed by atoms with Gasteiger partial charge in [0.05, 0.1) is 12.8 Å². The summed E-state index contributed by atoms with van der Waals surface area (Å²) < 4.78 is 5.31. The molecule has 0 spiro atoms. The van der Waals surface area contributed by atoms with E-state index in [4.69, 9.17) is 16.3 Å². The highest BCUT2D eigenvalue weighted by Crippen LogP contribution is 2.23. The van der Waals surface area contributed by atoms with Crippen LogP contribution in [0.3, 0.4) is 0 Å². The van der Waals surface area contributed by atoms with Crippen molar-refractivity contribution in [3.8, 4) is 5.75 Å². The Kier molecular flexibility index (Phi) is 6.23. The van der Waals surface area contributed by atoms with Crippen LogP contribution in [0, 0.1) is 0 Å². The Morgan fingerprint density at radius 2 is 1.88 bits per heavy atom. The van der Waals surface area contributed by atoms with E-state index in [2.05, 4.69) is 16.3 Å². The number of carbonyl (C=O) groups excluding carboxylic acids is 1. The molecule has 1 aliphatic heterocycles. The summed E-state index contributed by atoms with van der Waals surface area (Å²) in [6, 6.07) is 15.6. The van der Waals surface area contributed by atoms with Gasteiger partial charge in [0.1, 0.15) is 5.75 Å². The lowest BCUT2D eigenvalue weighted by Gasteiger charge is -2.36. The van der Waals surface area contributed by atoms with E-state index >= 15 is 0 Å². The number of benzene rings is 2. The largest absolute Gasteiger partial charge is 0.495 e. The molecule has 138 valence electrons. The van der Waals surface area contributed by atoms with Crippen LogP contribution in [0.4, 0.5) is 11.4 Å². The number of para-hydroxylation sites is 2. The van der Waals surface area contributed by atoms with Crippen molar-refractivity contribution in [1.29, 1.82) is 0 Å². The lowest BCUT2D eigenvalue weighted by molar-refractivity contribution is -0.131. The Morgan fingerprint density at radius 1 is 1.12 bits per heavy atom. The molecule has 0 aliphatic carbocycles. The Morgan fingerprint density at radius 3 is 2.62 bits per heavy atom. The molecule has 26 heavy (non-hydrogen) atoms. The van der Waals surface area contributed by atoms with Crippen LogP contribution in [0.1, 0.15) is 6.42 Å². The number of hydrogen-bond donors (Lipinski definition) is 1. The van der Waals surface area contributed by atoms with Crippen molar-refractivity contribution in [1.82, 2.24) is 4.90 Å². The van der Waals surface area contributed by atoms with Gasteiger partial charge in [0.15, 0.2) is 0 Å². The number of rotatable bonds is 6. The highest BCUT2D eigenvalue weighted by atomic mass is 35.5. The average Bonchev–Trinajstić information content (AvgIpc) is 2.68. The van der Waals surface area contributed by atoms with Crippen molar-refractivity contribution in [3.63, 3.8) is 0 Å². The van der Waals surface area contributed by atoms with E-state index in [1.807, 2.05) is 47.4 Å². The highest BCUT2D eigenvalue weighted by Gasteiger charge is 2.21. The zero-order chi connectivity index (χ0) is 18.4. The molecule has 0 atom stereocenters. The molecule has 1 aliphatic rings. The second-order valence-electron chi connectivity index (χ2n) is 6.22. The van der Waals surface area contributed by atoms with Crippen LogP contribution in [0.15, 0.2) is 48.5 Å². The molecular formula is C20H24ClN3O2. The van der Waals surface area contributed by atoms with E-state index in [0.717, 1.165) is 48.3 Å². The lowest BCUT2D eigenvalue weighted by Crippen LogP contribution is -2.49. The molecule has 2 aromatic rings. The third kappa shape index (κ3) is 4.61. The second-order valence-corrected chi connectivity index (χ2v) is 6.66. The number of ether oxygens (including phenoxy) is 1. The summed E-state index contributed by atoms with van der Waals surface area (Å²) in [5.74, 6) is 0.966. The molecule has 1 heterocycles. The van der Waals surface area contributed by atoms with Crippen LogP contribution in [0.5, 0.6) is 5.75 Å². The summed E-state index contributed by atoms with van der Waals surface area (Å²) in [4.78, 5) is 16.7. The Labute approximate surface area is 159 Å². The third-order valence-corrected chi connectivity index (χ3v) is 4.80. The Bertz CT molecular complexity index is 745. The van der Waals surface area contributed by atoms with Crippen LogP contribution in [0.25, 0.3) is 0 Å². The maximum absolute atomic E-state index is 12.5. The summed E-state index contributed by atoms with van der Waals surface area (Å²) in [7, 11) is 1.64. The number of piperazine rings is 1. The minimum absolute atomic E-state index is 0.179. The zero-order valence-corrected chi connectivity index (χ0v) is 15.7. The lowest BCUT2D eigenvalue weighted by atomic mass is 10.2. The van der Waals surface area contributed by atoms with Crippen LogP contribution >= 0.6 is 11.6 Å². The van der Waals surface area contributed by atoms with Gasteiger partial charge in [-0.3, -0.25) is 4.79 Å². The number of nitrogens with one attached hydrogen (secondary N) is 1. The van der Waals surface area contributed by atoms with Gasteiger partial charge in [-0.1, -0.05) is 29.8 Å². The van der Waals surface area contributed by atoms with Gasteiger partial charge < -0.3 is 19.9 Å². The molecule has 1 N–H and O–H groups in total. The van der Waals surface area contributed by atoms with Gasteiger partial charge in [0.25, 0.3) is 0 Å². The third-order valence-electron chi connectivity index (χ3n) is 4.57. The molecule has 3 rings (SSSR count). The first kappa shape index (κ1) is 18.4. The zero-order valence-electron chi connectivity index (χ0n) is 15.0. The maximum Gasteiger partial charge on any atom is 0.224 e. The molecule has 5 nitrogen and oxygen atoms in total. The molecule has 1 fully saturated rings. The van der Waals surface area contributed by atoms with Crippen LogP contribution in [-0.2, 0) is 4.79 Å². The molecule has 0 unspecified atom stereocenters. The average molecular weight is 374 g/mol. The van der Waals surface area contributed by atoms with Gasteiger partial charge in [0, 0.05) is 49.9 Å². The van der Waals surface area contributed by atoms with Gasteiger partial charge >= 0.3 is 0 Å². The van der Waals surface area contributed by atoms with Crippen molar-refractivity contribution in [2.45, 2.75) is 6.42 Å². The molecule has 0 bridgehead atoms. The minimum atomic E-state index is 0.179. The van der Waals surface area contributed by atoms with E-state index < -0.39 is 0 Å². The summed E-state index contributed by atoms with van der Waals surface area (Å²) in [6.07, 6.45) is 0.467. The molecule has 0 radical (unpaired) electrons. The Hall–Kier alpha value is -2.40. The fourth-order valence-corrected chi connectivity index (χ4v) is 3.32. The Balaban J connectivity index is 1.45. The monoisotopic (exact) mass is 373 g/mol. The van der Waals surface area contributed by atoms with E-state index in [-0.39, 0.29) is 5.91 Å². The van der Waals surface area contributed by atoms with Crippen molar-refractivity contribution >= 4 is 28.9 Å². The highest BCUT2D eigenvalue weighted by molar-refractivity contribution is 6.30. The SMILES string of the molecule is COc1ccccc1NCCC(=O)N1CCN(c2cccc(Cl)c2)CC1. The number of nitrogens with zero attached hydrogens (tertiary/aromatic N) is 2. The number of anilines is 2. The predicted molar refractivity (Wildman–Crippen MR) is 106 cm³/mol. The summed E-state index contributed by atoms with van der Waals surface area (Å²) in [5, 5.41) is 4.02. The molecule has 1 saturated heterocycles. The fraction of sp³-hybridized carbons (Fsp3) is 0.350. The van der Waals surface area contributed by atoms with Gasteiger partial charge in [-0.2, -0.15) is 0 Å². The molecule has 0 aromatic heterocycles. The van der Waals surface area contributed by atoms with Crippen molar-refractivity contribution in [2.75, 3.05) is 50.1 Å². The predicted octanol–water partition coefficient (Wildman–Crippen LogP) is 3.50. The quantitative estimate of drug-likeness (QED) is 0.841. The standard InChI is InChI=1S/C20H24ClN3O2/c1-26-19-8-3-2-7-18(19)22-10-9-20(25)24-13-11-23(12-14-24)17-6-4-5-16(21)15-17/h2-8,15,22H,9-14H2,1H3. The van der Waals surface area contributed by atoms with E-state index in [9.17, 15) is 4.79 Å². The van der Waals surface area contributed by atoms with E-state index in [0.29, 0.717) is 13.0 Å². The smallest absolute Gasteiger partial charge is 0.224 e. The maximum atomic E-state index is 12.5. The van der Waals surface area contributed by atoms with E-state index in [1.165, 1.54) is 0 Å². The van der Waals surface area contributed by atoms with Crippen molar-refractivity contribution in [3.05, 3.63) is 53.6 Å². The first-order valence-electron chi connectivity index (χ1n) is 8.82. The van der Waals surface area contributed by atoms with Crippen LogP contribution in [-0.4, -0.2) is 50.6 Å².